The largest absolute Gasteiger partial charge is 0.310 e. The molecular weight excluding hydrogens is 304 g/mol. The summed E-state index contributed by atoms with van der Waals surface area (Å²) < 4.78 is 0. The highest BCUT2D eigenvalue weighted by molar-refractivity contribution is 7.07. The second-order valence-corrected chi connectivity index (χ2v) is 7.14. The lowest BCUT2D eigenvalue weighted by Crippen LogP contribution is -2.46. The van der Waals surface area contributed by atoms with Crippen molar-refractivity contribution in [2.75, 3.05) is 18.0 Å². The fourth-order valence-corrected chi connectivity index (χ4v) is 3.99. The van der Waals surface area contributed by atoms with Crippen molar-refractivity contribution in [3.8, 4) is 0 Å². The van der Waals surface area contributed by atoms with Gasteiger partial charge in [0.1, 0.15) is 0 Å². The molecule has 3 rings (SSSR count). The molecule has 23 heavy (non-hydrogen) atoms. The average Bonchev–Trinajstić information content (AvgIpc) is 3.04. The maximum absolute atomic E-state index is 12.2. The highest BCUT2D eigenvalue weighted by Gasteiger charge is 2.27. The number of aryl methyl sites for hydroxylation is 1. The smallest absolute Gasteiger partial charge is 0.224 e. The van der Waals surface area contributed by atoms with Crippen LogP contribution in [0.5, 0.6) is 0 Å². The summed E-state index contributed by atoms with van der Waals surface area (Å²) in [5.74, 6) is 0.144. The zero-order valence-electron chi connectivity index (χ0n) is 13.9. The molecule has 4 heteroatoms. The highest BCUT2D eigenvalue weighted by atomic mass is 32.1. The van der Waals surface area contributed by atoms with Crippen LogP contribution in [-0.2, 0) is 11.3 Å². The van der Waals surface area contributed by atoms with Gasteiger partial charge < -0.3 is 4.90 Å². The second kappa shape index (κ2) is 7.28. The number of carbonyl (C=O) groups excluding carboxylic acids is 1. The molecule has 1 saturated heterocycles. The number of thiophene rings is 1. The standard InChI is InChI=1S/C19H24N2OS/c1-15-3-5-18(6-4-15)21(16(2)22)19-7-10-20(11-8-19)13-17-9-12-23-14-17/h3-6,9,12,14,19H,7-8,10-11,13H2,1-2H3. The molecule has 1 fully saturated rings. The van der Waals surface area contributed by atoms with Crippen LogP contribution in [-0.4, -0.2) is 29.9 Å². The lowest BCUT2D eigenvalue weighted by molar-refractivity contribution is -0.117. The Labute approximate surface area is 142 Å². The first-order valence-corrected chi connectivity index (χ1v) is 9.17. The Kier molecular flexibility index (Phi) is 5.13. The number of amides is 1. The summed E-state index contributed by atoms with van der Waals surface area (Å²) in [4.78, 5) is 16.7. The first kappa shape index (κ1) is 16.2. The average molecular weight is 328 g/mol. The molecule has 0 radical (unpaired) electrons. The Morgan fingerprint density at radius 3 is 2.48 bits per heavy atom. The minimum absolute atomic E-state index is 0.144. The van der Waals surface area contributed by atoms with Gasteiger partial charge in [0.2, 0.25) is 5.91 Å². The van der Waals surface area contributed by atoms with Crippen LogP contribution in [0, 0.1) is 6.92 Å². The molecule has 2 aromatic rings. The molecule has 1 aliphatic heterocycles. The number of piperidine rings is 1. The summed E-state index contributed by atoms with van der Waals surface area (Å²) in [7, 11) is 0. The first-order chi connectivity index (χ1) is 11.1. The molecule has 1 amide bonds. The summed E-state index contributed by atoms with van der Waals surface area (Å²) in [6, 6.07) is 10.8. The zero-order valence-corrected chi connectivity index (χ0v) is 14.7. The van der Waals surface area contributed by atoms with Crippen LogP contribution in [0.1, 0.15) is 30.9 Å². The van der Waals surface area contributed by atoms with E-state index in [0.717, 1.165) is 38.2 Å². The molecule has 1 aromatic carbocycles. The SMILES string of the molecule is CC(=O)N(c1ccc(C)cc1)C1CCN(Cc2ccsc2)CC1. The minimum Gasteiger partial charge on any atom is -0.310 e. The van der Waals surface area contributed by atoms with Gasteiger partial charge in [0.25, 0.3) is 0 Å². The van der Waals surface area contributed by atoms with E-state index < -0.39 is 0 Å². The summed E-state index contributed by atoms with van der Waals surface area (Å²) >= 11 is 1.76. The molecule has 122 valence electrons. The molecule has 1 aliphatic rings. The van der Waals surface area contributed by atoms with Crippen molar-refractivity contribution in [2.45, 2.75) is 39.3 Å². The number of benzene rings is 1. The number of rotatable bonds is 4. The Morgan fingerprint density at radius 2 is 1.91 bits per heavy atom. The predicted molar refractivity (Wildman–Crippen MR) is 97.0 cm³/mol. The van der Waals surface area contributed by atoms with Crippen LogP contribution < -0.4 is 4.90 Å². The van der Waals surface area contributed by atoms with Gasteiger partial charge in [0.15, 0.2) is 0 Å². The quantitative estimate of drug-likeness (QED) is 0.844. The van der Waals surface area contributed by atoms with Crippen LogP contribution in [0.4, 0.5) is 5.69 Å². The van der Waals surface area contributed by atoms with E-state index >= 15 is 0 Å². The maximum atomic E-state index is 12.2. The van der Waals surface area contributed by atoms with Gasteiger partial charge in [-0.2, -0.15) is 11.3 Å². The van der Waals surface area contributed by atoms with E-state index in [1.165, 1.54) is 11.1 Å². The lowest BCUT2D eigenvalue weighted by atomic mass is 10.0. The molecule has 0 bridgehead atoms. The molecule has 0 atom stereocenters. The molecule has 0 N–H and O–H groups in total. The Bertz CT molecular complexity index is 628. The van der Waals surface area contributed by atoms with Gasteiger partial charge in [0.05, 0.1) is 0 Å². The lowest BCUT2D eigenvalue weighted by Gasteiger charge is -2.38. The molecule has 0 spiro atoms. The van der Waals surface area contributed by atoms with Crippen molar-refractivity contribution in [3.63, 3.8) is 0 Å². The van der Waals surface area contributed by atoms with Gasteiger partial charge in [0, 0.05) is 38.3 Å². The van der Waals surface area contributed by atoms with E-state index in [9.17, 15) is 4.79 Å². The van der Waals surface area contributed by atoms with Crippen molar-refractivity contribution in [1.29, 1.82) is 0 Å². The van der Waals surface area contributed by atoms with Crippen LogP contribution >= 0.6 is 11.3 Å². The predicted octanol–water partition coefficient (Wildman–Crippen LogP) is 4.07. The third-order valence-electron chi connectivity index (χ3n) is 4.56. The zero-order chi connectivity index (χ0) is 16.2. The van der Waals surface area contributed by atoms with Crippen LogP contribution in [0.2, 0.25) is 0 Å². The molecule has 2 heterocycles. The van der Waals surface area contributed by atoms with Crippen LogP contribution in [0.15, 0.2) is 41.1 Å². The summed E-state index contributed by atoms with van der Waals surface area (Å²) in [5.41, 5.74) is 3.65. The first-order valence-electron chi connectivity index (χ1n) is 8.23. The van der Waals surface area contributed by atoms with Crippen molar-refractivity contribution >= 4 is 22.9 Å². The van der Waals surface area contributed by atoms with Crippen molar-refractivity contribution < 1.29 is 4.79 Å². The third kappa shape index (κ3) is 4.01. The fraction of sp³-hybridized carbons (Fsp3) is 0.421. The number of hydrogen-bond donors (Lipinski definition) is 0. The third-order valence-corrected chi connectivity index (χ3v) is 5.29. The van der Waals surface area contributed by atoms with Gasteiger partial charge in [-0.3, -0.25) is 9.69 Å². The van der Waals surface area contributed by atoms with E-state index in [0.29, 0.717) is 6.04 Å². The molecular formula is C19H24N2OS. The van der Waals surface area contributed by atoms with E-state index in [4.69, 9.17) is 0 Å². The number of carbonyl (C=O) groups is 1. The Balaban J connectivity index is 1.64. The van der Waals surface area contributed by atoms with Crippen molar-refractivity contribution in [3.05, 3.63) is 52.2 Å². The van der Waals surface area contributed by atoms with E-state index in [1.807, 2.05) is 4.90 Å². The minimum atomic E-state index is 0.144. The fourth-order valence-electron chi connectivity index (χ4n) is 3.33. The molecule has 0 saturated carbocycles. The van der Waals surface area contributed by atoms with Gasteiger partial charge in [-0.1, -0.05) is 17.7 Å². The van der Waals surface area contributed by atoms with Gasteiger partial charge in [-0.15, -0.1) is 0 Å². The highest BCUT2D eigenvalue weighted by Crippen LogP contribution is 2.25. The Morgan fingerprint density at radius 1 is 1.22 bits per heavy atom. The summed E-state index contributed by atoms with van der Waals surface area (Å²) in [6.45, 7) is 6.88. The number of hydrogen-bond acceptors (Lipinski definition) is 3. The molecule has 1 aromatic heterocycles. The molecule has 0 aliphatic carbocycles. The van der Waals surface area contributed by atoms with Crippen molar-refractivity contribution in [1.82, 2.24) is 4.90 Å². The van der Waals surface area contributed by atoms with Crippen LogP contribution in [0.3, 0.4) is 0 Å². The number of nitrogens with zero attached hydrogens (tertiary/aromatic N) is 2. The molecule has 3 nitrogen and oxygen atoms in total. The monoisotopic (exact) mass is 328 g/mol. The van der Waals surface area contributed by atoms with E-state index in [2.05, 4.69) is 52.9 Å². The van der Waals surface area contributed by atoms with E-state index in [-0.39, 0.29) is 5.91 Å². The summed E-state index contributed by atoms with van der Waals surface area (Å²) in [6.07, 6.45) is 2.08. The summed E-state index contributed by atoms with van der Waals surface area (Å²) in [5, 5.41) is 4.36. The van der Waals surface area contributed by atoms with Gasteiger partial charge in [-0.25, -0.2) is 0 Å². The molecule has 0 unspecified atom stereocenters. The van der Waals surface area contributed by atoms with Crippen LogP contribution in [0.25, 0.3) is 0 Å². The number of likely N-dealkylation sites (tertiary alicyclic amines) is 1. The maximum Gasteiger partial charge on any atom is 0.224 e. The Hall–Kier alpha value is -1.65. The van der Waals surface area contributed by atoms with Gasteiger partial charge in [-0.05, 0) is 54.3 Å². The second-order valence-electron chi connectivity index (χ2n) is 6.36. The topological polar surface area (TPSA) is 23.6 Å². The van der Waals surface area contributed by atoms with Crippen molar-refractivity contribution in [2.24, 2.45) is 0 Å². The van der Waals surface area contributed by atoms with Gasteiger partial charge >= 0.3 is 0 Å². The van der Waals surface area contributed by atoms with E-state index in [1.54, 1.807) is 18.3 Å². The normalized spacial score (nSPS) is 16.4. The number of anilines is 1.